The van der Waals surface area contributed by atoms with Crippen molar-refractivity contribution in [1.29, 1.82) is 0 Å². The molecular weight excluding hydrogens is 253 g/mol. The number of aromatic amines is 1. The first-order valence-corrected chi connectivity index (χ1v) is 5.73. The minimum atomic E-state index is -1.03. The average Bonchev–Trinajstić information content (AvgIpc) is 2.93. The Morgan fingerprint density at radius 1 is 1.53 bits per heavy atom. The van der Waals surface area contributed by atoms with Crippen LogP contribution in [-0.4, -0.2) is 33.7 Å². The second-order valence-corrected chi connectivity index (χ2v) is 4.45. The Bertz CT molecular complexity index is 682. The minimum absolute atomic E-state index is 0.0163. The van der Waals surface area contributed by atoms with Crippen molar-refractivity contribution >= 4 is 28.6 Å². The number of carbonyl (C=O) groups is 2. The van der Waals surface area contributed by atoms with Gasteiger partial charge in [0.15, 0.2) is 5.82 Å². The first-order chi connectivity index (χ1) is 9.08. The summed E-state index contributed by atoms with van der Waals surface area (Å²) in [6, 6.07) is 4.45. The number of amides is 1. The van der Waals surface area contributed by atoms with Gasteiger partial charge in [-0.15, -0.1) is 0 Å². The van der Waals surface area contributed by atoms with Gasteiger partial charge in [-0.05, 0) is 12.1 Å². The maximum Gasteiger partial charge on any atom is 0.308 e. The third kappa shape index (κ3) is 1.74. The van der Waals surface area contributed by atoms with Gasteiger partial charge in [0.05, 0.1) is 16.8 Å². The zero-order valence-corrected chi connectivity index (χ0v) is 9.76. The van der Waals surface area contributed by atoms with Crippen molar-refractivity contribution in [2.75, 3.05) is 11.4 Å². The van der Waals surface area contributed by atoms with Crippen LogP contribution in [-0.2, 0) is 9.59 Å². The molecule has 0 bridgehead atoms. The van der Waals surface area contributed by atoms with Gasteiger partial charge in [0, 0.05) is 13.0 Å². The molecule has 7 heteroatoms. The van der Waals surface area contributed by atoms with E-state index in [4.69, 9.17) is 5.11 Å². The van der Waals surface area contributed by atoms with Crippen LogP contribution in [0.5, 0.6) is 0 Å². The molecule has 1 saturated heterocycles. The smallest absolute Gasteiger partial charge is 0.308 e. The molecule has 1 aliphatic heterocycles. The van der Waals surface area contributed by atoms with Gasteiger partial charge in [-0.25, -0.2) is 4.39 Å². The highest BCUT2D eigenvalue weighted by Crippen LogP contribution is 2.31. The van der Waals surface area contributed by atoms with Crippen LogP contribution in [0.25, 0.3) is 10.9 Å². The van der Waals surface area contributed by atoms with Crippen molar-refractivity contribution in [3.8, 4) is 0 Å². The number of fused-ring (bicyclic) bond motifs is 1. The lowest BCUT2D eigenvalue weighted by Crippen LogP contribution is -2.26. The number of carboxylic acids is 1. The van der Waals surface area contributed by atoms with E-state index in [1.165, 1.54) is 17.0 Å². The van der Waals surface area contributed by atoms with Gasteiger partial charge >= 0.3 is 5.97 Å². The van der Waals surface area contributed by atoms with Gasteiger partial charge in [0.25, 0.3) is 0 Å². The van der Waals surface area contributed by atoms with Crippen LogP contribution in [0.1, 0.15) is 6.42 Å². The fourth-order valence-corrected chi connectivity index (χ4v) is 2.29. The van der Waals surface area contributed by atoms with Crippen LogP contribution in [0.3, 0.4) is 0 Å². The molecule has 2 heterocycles. The molecule has 1 atom stereocenters. The number of rotatable bonds is 2. The lowest BCUT2D eigenvalue weighted by Gasteiger charge is -2.13. The summed E-state index contributed by atoms with van der Waals surface area (Å²) in [7, 11) is 0. The summed E-state index contributed by atoms with van der Waals surface area (Å²) in [5.41, 5.74) is 0.474. The van der Waals surface area contributed by atoms with E-state index in [9.17, 15) is 14.0 Å². The molecule has 0 saturated carbocycles. The first-order valence-electron chi connectivity index (χ1n) is 5.73. The molecule has 6 nitrogen and oxygen atoms in total. The summed E-state index contributed by atoms with van der Waals surface area (Å²) in [5.74, 6) is -2.50. The first kappa shape index (κ1) is 11.6. The van der Waals surface area contributed by atoms with Gasteiger partial charge in [0.1, 0.15) is 5.82 Å². The number of nitrogens with zero attached hydrogens (tertiary/aromatic N) is 2. The van der Waals surface area contributed by atoms with Crippen molar-refractivity contribution in [1.82, 2.24) is 10.2 Å². The number of halogens is 1. The molecule has 0 unspecified atom stereocenters. The molecule has 1 fully saturated rings. The molecular formula is C12H10FN3O3. The minimum Gasteiger partial charge on any atom is -0.481 e. The number of nitrogens with one attached hydrogen (secondary N) is 1. The fourth-order valence-electron chi connectivity index (χ4n) is 2.29. The van der Waals surface area contributed by atoms with Gasteiger partial charge in [-0.3, -0.25) is 19.6 Å². The average molecular weight is 263 g/mol. The number of aliphatic carboxylic acids is 1. The number of benzene rings is 1. The molecule has 98 valence electrons. The number of carboxylic acid groups (broad SMARTS) is 1. The van der Waals surface area contributed by atoms with Gasteiger partial charge in [-0.2, -0.15) is 5.10 Å². The van der Waals surface area contributed by atoms with Crippen molar-refractivity contribution in [3.05, 3.63) is 24.0 Å². The number of H-pyrrole nitrogens is 1. The maximum atomic E-state index is 13.8. The quantitative estimate of drug-likeness (QED) is 0.850. The Morgan fingerprint density at radius 2 is 2.32 bits per heavy atom. The zero-order chi connectivity index (χ0) is 13.6. The zero-order valence-electron chi connectivity index (χ0n) is 9.76. The van der Waals surface area contributed by atoms with Crippen LogP contribution in [0.4, 0.5) is 10.2 Å². The predicted molar refractivity (Wildman–Crippen MR) is 64.1 cm³/mol. The number of carbonyl (C=O) groups excluding carboxylic acids is 1. The Kier molecular flexibility index (Phi) is 2.48. The van der Waals surface area contributed by atoms with E-state index < -0.39 is 17.7 Å². The summed E-state index contributed by atoms with van der Waals surface area (Å²) in [4.78, 5) is 24.0. The van der Waals surface area contributed by atoms with Gasteiger partial charge in [-0.1, -0.05) is 6.07 Å². The fraction of sp³-hybridized carbons (Fsp3) is 0.250. The SMILES string of the molecule is O=C(O)[C@@H]1CC(=O)N(c2n[nH]c3cccc(F)c23)C1. The van der Waals surface area contributed by atoms with Gasteiger partial charge in [0.2, 0.25) is 5.91 Å². The molecule has 1 aliphatic rings. The molecule has 2 aromatic rings. The molecule has 1 aromatic heterocycles. The molecule has 3 rings (SSSR count). The van der Waals surface area contributed by atoms with E-state index in [0.717, 1.165) is 0 Å². The molecule has 0 radical (unpaired) electrons. The molecule has 0 spiro atoms. The van der Waals surface area contributed by atoms with Crippen molar-refractivity contribution in [2.24, 2.45) is 5.92 Å². The molecule has 2 N–H and O–H groups in total. The standard InChI is InChI=1S/C12H10FN3O3/c13-7-2-1-3-8-10(7)11(15-14-8)16-5-6(12(18)19)4-9(16)17/h1-3,6H,4-5H2,(H,14,15)(H,18,19)/t6-/m1/s1. The highest BCUT2D eigenvalue weighted by atomic mass is 19.1. The van der Waals surface area contributed by atoms with E-state index in [1.807, 2.05) is 0 Å². The Labute approximate surface area is 106 Å². The van der Waals surface area contributed by atoms with Crippen molar-refractivity contribution in [2.45, 2.75) is 6.42 Å². The molecule has 19 heavy (non-hydrogen) atoms. The molecule has 1 aromatic carbocycles. The number of hydrogen-bond donors (Lipinski definition) is 2. The summed E-state index contributed by atoms with van der Waals surface area (Å²) in [6.45, 7) is 0.0163. The van der Waals surface area contributed by atoms with E-state index in [2.05, 4.69) is 10.2 Å². The van der Waals surface area contributed by atoms with Crippen LogP contribution < -0.4 is 4.90 Å². The van der Waals surface area contributed by atoms with Crippen LogP contribution >= 0.6 is 0 Å². The topological polar surface area (TPSA) is 86.3 Å². The molecule has 1 amide bonds. The summed E-state index contributed by atoms with van der Waals surface area (Å²) >= 11 is 0. The Balaban J connectivity index is 2.06. The summed E-state index contributed by atoms with van der Waals surface area (Å²) in [6.07, 6.45) is -0.0852. The monoisotopic (exact) mass is 263 g/mol. The third-order valence-corrected chi connectivity index (χ3v) is 3.25. The second kappa shape index (κ2) is 4.04. The van der Waals surface area contributed by atoms with Crippen LogP contribution in [0.2, 0.25) is 0 Å². The number of hydrogen-bond acceptors (Lipinski definition) is 3. The van der Waals surface area contributed by atoms with Crippen molar-refractivity contribution < 1.29 is 19.1 Å². The highest BCUT2D eigenvalue weighted by molar-refractivity contribution is 6.04. The van der Waals surface area contributed by atoms with Crippen LogP contribution in [0.15, 0.2) is 18.2 Å². The largest absolute Gasteiger partial charge is 0.481 e. The predicted octanol–water partition coefficient (Wildman–Crippen LogP) is 1.14. The summed E-state index contributed by atoms with van der Waals surface area (Å²) in [5, 5.41) is 15.7. The van der Waals surface area contributed by atoms with E-state index in [1.54, 1.807) is 6.07 Å². The number of anilines is 1. The van der Waals surface area contributed by atoms with E-state index in [-0.39, 0.29) is 30.1 Å². The van der Waals surface area contributed by atoms with Gasteiger partial charge < -0.3 is 5.11 Å². The molecule has 0 aliphatic carbocycles. The number of aromatic nitrogens is 2. The third-order valence-electron chi connectivity index (χ3n) is 3.25. The second-order valence-electron chi connectivity index (χ2n) is 4.45. The lowest BCUT2D eigenvalue weighted by atomic mass is 10.1. The van der Waals surface area contributed by atoms with E-state index >= 15 is 0 Å². The lowest BCUT2D eigenvalue weighted by molar-refractivity contribution is -0.141. The van der Waals surface area contributed by atoms with Crippen LogP contribution in [0, 0.1) is 11.7 Å². The van der Waals surface area contributed by atoms with E-state index in [0.29, 0.717) is 5.52 Å². The Morgan fingerprint density at radius 3 is 3.00 bits per heavy atom. The summed E-state index contributed by atoms with van der Waals surface area (Å²) < 4.78 is 13.8. The normalized spacial score (nSPS) is 19.3. The Hall–Kier alpha value is -2.44. The maximum absolute atomic E-state index is 13.8. The highest BCUT2D eigenvalue weighted by Gasteiger charge is 2.37. The van der Waals surface area contributed by atoms with Crippen molar-refractivity contribution in [3.63, 3.8) is 0 Å².